The number of guanidine groups is 1. The molecule has 2 aromatic carbocycles. The average molecular weight is 523 g/mol. The first-order chi connectivity index (χ1) is 14.2. The van der Waals surface area contributed by atoms with Crippen LogP contribution in [0.25, 0.3) is 0 Å². The minimum atomic E-state index is 0. The van der Waals surface area contributed by atoms with Crippen molar-refractivity contribution < 1.29 is 9.53 Å². The Hall–Kier alpha value is -2.49. The molecule has 1 saturated heterocycles. The molecule has 1 aliphatic heterocycles. The van der Waals surface area contributed by atoms with Crippen molar-refractivity contribution in [2.75, 3.05) is 51.8 Å². The normalized spacial score (nSPS) is 14.0. The van der Waals surface area contributed by atoms with Crippen LogP contribution in [0.5, 0.6) is 5.75 Å². The Bertz CT molecular complexity index is 823. The average Bonchev–Trinajstić information content (AvgIpc) is 2.80. The number of para-hydroxylation sites is 1. The van der Waals surface area contributed by atoms with Gasteiger partial charge in [-0.1, -0.05) is 30.3 Å². The van der Waals surface area contributed by atoms with Gasteiger partial charge in [-0.2, -0.15) is 0 Å². The fraction of sp³-hybridized carbons (Fsp3) is 0.364. The SMILES string of the molecule is CN=C(NCC(=O)N1CCN(c2ccccc2)CC1)NCc1cccc(OC)c1.I. The molecule has 0 atom stereocenters. The van der Waals surface area contributed by atoms with Gasteiger partial charge in [0.1, 0.15) is 5.75 Å². The van der Waals surface area contributed by atoms with Gasteiger partial charge in [0, 0.05) is 45.5 Å². The molecule has 1 fully saturated rings. The van der Waals surface area contributed by atoms with E-state index in [0.29, 0.717) is 12.5 Å². The molecular weight excluding hydrogens is 493 g/mol. The Balaban J connectivity index is 0.00000320. The van der Waals surface area contributed by atoms with Gasteiger partial charge in [0.2, 0.25) is 5.91 Å². The van der Waals surface area contributed by atoms with E-state index in [9.17, 15) is 4.79 Å². The number of benzene rings is 2. The van der Waals surface area contributed by atoms with Crippen molar-refractivity contribution >= 4 is 41.5 Å². The lowest BCUT2D eigenvalue weighted by Gasteiger charge is -2.36. The lowest BCUT2D eigenvalue weighted by molar-refractivity contribution is -0.130. The Morgan fingerprint density at radius 1 is 1.03 bits per heavy atom. The molecule has 2 aromatic rings. The summed E-state index contributed by atoms with van der Waals surface area (Å²) < 4.78 is 5.24. The summed E-state index contributed by atoms with van der Waals surface area (Å²) in [7, 11) is 3.35. The zero-order valence-electron chi connectivity index (χ0n) is 17.5. The van der Waals surface area contributed by atoms with Crippen molar-refractivity contribution in [1.29, 1.82) is 0 Å². The molecule has 0 spiro atoms. The van der Waals surface area contributed by atoms with Crippen molar-refractivity contribution in [2.24, 2.45) is 4.99 Å². The molecule has 0 saturated carbocycles. The number of anilines is 1. The van der Waals surface area contributed by atoms with Crippen LogP contribution < -0.4 is 20.3 Å². The molecule has 30 heavy (non-hydrogen) atoms. The third-order valence-corrected chi connectivity index (χ3v) is 4.98. The molecule has 0 unspecified atom stereocenters. The van der Waals surface area contributed by atoms with Crippen LogP contribution >= 0.6 is 24.0 Å². The minimum Gasteiger partial charge on any atom is -0.497 e. The third-order valence-electron chi connectivity index (χ3n) is 4.98. The first-order valence-electron chi connectivity index (χ1n) is 9.85. The van der Waals surface area contributed by atoms with E-state index in [1.54, 1.807) is 14.2 Å². The highest BCUT2D eigenvalue weighted by atomic mass is 127. The number of methoxy groups -OCH3 is 1. The van der Waals surface area contributed by atoms with Crippen molar-refractivity contribution in [3.05, 3.63) is 60.2 Å². The van der Waals surface area contributed by atoms with Gasteiger partial charge < -0.3 is 25.2 Å². The first-order valence-corrected chi connectivity index (χ1v) is 9.85. The highest BCUT2D eigenvalue weighted by molar-refractivity contribution is 14.0. The van der Waals surface area contributed by atoms with E-state index in [-0.39, 0.29) is 36.4 Å². The molecular formula is C22H30IN5O2. The second kappa shape index (κ2) is 12.3. The summed E-state index contributed by atoms with van der Waals surface area (Å²) in [6.45, 7) is 3.97. The zero-order chi connectivity index (χ0) is 20.5. The van der Waals surface area contributed by atoms with Gasteiger partial charge in [-0.3, -0.25) is 9.79 Å². The molecule has 1 amide bonds. The number of amides is 1. The molecule has 162 valence electrons. The van der Waals surface area contributed by atoms with Gasteiger partial charge >= 0.3 is 0 Å². The van der Waals surface area contributed by atoms with Crippen LogP contribution in [0.3, 0.4) is 0 Å². The van der Waals surface area contributed by atoms with Crippen LogP contribution in [0, 0.1) is 0 Å². The summed E-state index contributed by atoms with van der Waals surface area (Å²) >= 11 is 0. The number of rotatable bonds is 6. The van der Waals surface area contributed by atoms with E-state index in [2.05, 4.69) is 32.7 Å². The summed E-state index contributed by atoms with van der Waals surface area (Å²) in [5.74, 6) is 1.50. The summed E-state index contributed by atoms with van der Waals surface area (Å²) in [5.41, 5.74) is 2.29. The molecule has 8 heteroatoms. The fourth-order valence-corrected chi connectivity index (χ4v) is 3.31. The van der Waals surface area contributed by atoms with E-state index in [1.165, 1.54) is 5.69 Å². The number of carbonyl (C=O) groups excluding carboxylic acids is 1. The van der Waals surface area contributed by atoms with Crippen LogP contribution in [0.1, 0.15) is 5.56 Å². The molecule has 0 aromatic heterocycles. The van der Waals surface area contributed by atoms with Gasteiger partial charge in [-0.05, 0) is 29.8 Å². The molecule has 0 aliphatic carbocycles. The summed E-state index contributed by atoms with van der Waals surface area (Å²) in [5, 5.41) is 6.34. The summed E-state index contributed by atoms with van der Waals surface area (Å²) in [6, 6.07) is 18.2. The number of carbonyl (C=O) groups is 1. The van der Waals surface area contributed by atoms with Crippen molar-refractivity contribution in [1.82, 2.24) is 15.5 Å². The quantitative estimate of drug-likeness (QED) is 0.346. The first kappa shape index (κ1) is 23.8. The van der Waals surface area contributed by atoms with E-state index >= 15 is 0 Å². The lowest BCUT2D eigenvalue weighted by atomic mass is 10.2. The maximum atomic E-state index is 12.6. The molecule has 1 aliphatic rings. The van der Waals surface area contributed by atoms with Crippen LogP contribution in [-0.4, -0.2) is 63.6 Å². The monoisotopic (exact) mass is 523 g/mol. The predicted molar refractivity (Wildman–Crippen MR) is 132 cm³/mol. The summed E-state index contributed by atoms with van der Waals surface area (Å²) in [4.78, 5) is 21.0. The highest BCUT2D eigenvalue weighted by Gasteiger charge is 2.21. The van der Waals surface area contributed by atoms with Gasteiger partial charge in [-0.25, -0.2) is 0 Å². The molecule has 3 rings (SSSR count). The largest absolute Gasteiger partial charge is 0.497 e. The minimum absolute atomic E-state index is 0. The van der Waals surface area contributed by atoms with Gasteiger partial charge in [0.05, 0.1) is 13.7 Å². The topological polar surface area (TPSA) is 69.2 Å². The van der Waals surface area contributed by atoms with E-state index < -0.39 is 0 Å². The lowest BCUT2D eigenvalue weighted by Crippen LogP contribution is -2.52. The smallest absolute Gasteiger partial charge is 0.242 e. The van der Waals surface area contributed by atoms with Crippen LogP contribution in [0.15, 0.2) is 59.6 Å². The van der Waals surface area contributed by atoms with E-state index in [0.717, 1.165) is 37.5 Å². The van der Waals surface area contributed by atoms with Crippen LogP contribution in [0.4, 0.5) is 5.69 Å². The Kier molecular flexibility index (Phi) is 9.72. The Morgan fingerprint density at radius 2 is 1.77 bits per heavy atom. The number of halogens is 1. The summed E-state index contributed by atoms with van der Waals surface area (Å²) in [6.07, 6.45) is 0. The van der Waals surface area contributed by atoms with E-state index in [1.807, 2.05) is 47.4 Å². The van der Waals surface area contributed by atoms with Gasteiger partial charge in [-0.15, -0.1) is 24.0 Å². The number of hydrogen-bond acceptors (Lipinski definition) is 4. The van der Waals surface area contributed by atoms with Crippen molar-refractivity contribution in [3.63, 3.8) is 0 Å². The van der Waals surface area contributed by atoms with Gasteiger partial charge in [0.15, 0.2) is 5.96 Å². The Morgan fingerprint density at radius 3 is 2.43 bits per heavy atom. The predicted octanol–water partition coefficient (Wildman–Crippen LogP) is 2.33. The molecule has 0 radical (unpaired) electrons. The van der Waals surface area contributed by atoms with Gasteiger partial charge in [0.25, 0.3) is 0 Å². The maximum absolute atomic E-state index is 12.6. The van der Waals surface area contributed by atoms with Crippen LogP contribution in [0.2, 0.25) is 0 Å². The molecule has 1 heterocycles. The molecule has 2 N–H and O–H groups in total. The standard InChI is InChI=1S/C22H29N5O2.HI/c1-23-22(24-16-18-7-6-10-20(15-18)29-2)25-17-21(28)27-13-11-26(12-14-27)19-8-4-3-5-9-19;/h3-10,15H,11-14,16-17H2,1-2H3,(H2,23,24,25);1H. The maximum Gasteiger partial charge on any atom is 0.242 e. The van der Waals surface area contributed by atoms with Crippen molar-refractivity contribution in [3.8, 4) is 5.75 Å². The third kappa shape index (κ3) is 6.79. The second-order valence-corrected chi connectivity index (χ2v) is 6.83. The fourth-order valence-electron chi connectivity index (χ4n) is 3.31. The highest BCUT2D eigenvalue weighted by Crippen LogP contribution is 2.15. The number of ether oxygens (including phenoxy) is 1. The van der Waals surface area contributed by atoms with Crippen LogP contribution in [-0.2, 0) is 11.3 Å². The molecule has 7 nitrogen and oxygen atoms in total. The number of nitrogens with one attached hydrogen (secondary N) is 2. The van der Waals surface area contributed by atoms with E-state index in [4.69, 9.17) is 4.74 Å². The molecule has 0 bridgehead atoms. The number of nitrogens with zero attached hydrogens (tertiary/aromatic N) is 3. The zero-order valence-corrected chi connectivity index (χ0v) is 19.8. The van der Waals surface area contributed by atoms with Crippen molar-refractivity contribution in [2.45, 2.75) is 6.54 Å². The number of aliphatic imine (C=N–C) groups is 1. The second-order valence-electron chi connectivity index (χ2n) is 6.83. The number of hydrogen-bond donors (Lipinski definition) is 2. The number of piperazine rings is 1. The Labute approximate surface area is 195 Å².